The average molecular weight is 153 g/mol. The second-order valence-electron chi connectivity index (χ2n) is 3.44. The van der Waals surface area contributed by atoms with Gasteiger partial charge >= 0.3 is 0 Å². The van der Waals surface area contributed by atoms with E-state index >= 15 is 0 Å². The molecule has 0 radical (unpaired) electrons. The van der Waals surface area contributed by atoms with Crippen LogP contribution in [0, 0.1) is 0 Å². The molecule has 2 aliphatic heterocycles. The molecule has 1 atom stereocenters. The summed E-state index contributed by atoms with van der Waals surface area (Å²) in [6, 6.07) is 0. The molecule has 1 unspecified atom stereocenters. The van der Waals surface area contributed by atoms with Crippen molar-refractivity contribution in [1.29, 1.82) is 0 Å². The van der Waals surface area contributed by atoms with Crippen LogP contribution in [0.3, 0.4) is 0 Å². The maximum absolute atomic E-state index is 2.40. The maximum atomic E-state index is 2.40. The van der Waals surface area contributed by atoms with Gasteiger partial charge in [-0.2, -0.15) is 0 Å². The molecule has 1 fully saturated rings. The van der Waals surface area contributed by atoms with Gasteiger partial charge in [-0.05, 0) is 7.05 Å². The van der Waals surface area contributed by atoms with Crippen LogP contribution >= 0.6 is 0 Å². The highest BCUT2D eigenvalue weighted by Gasteiger charge is 2.28. The molecule has 0 spiro atoms. The summed E-state index contributed by atoms with van der Waals surface area (Å²) in [5, 5.41) is 0. The highest BCUT2D eigenvalue weighted by atomic mass is 15.4. The Morgan fingerprint density at radius 1 is 1.18 bits per heavy atom. The molecule has 0 aromatic rings. The molecule has 62 valence electrons. The molecule has 0 N–H and O–H groups in total. The van der Waals surface area contributed by atoms with Crippen LogP contribution in [0.15, 0.2) is 12.4 Å². The Labute approximate surface area is 67.9 Å². The summed E-state index contributed by atoms with van der Waals surface area (Å²) in [6.45, 7) is 3.51. The fraction of sp³-hybridized carbons (Fsp3) is 0.750. The Morgan fingerprint density at radius 3 is 2.82 bits per heavy atom. The Morgan fingerprint density at radius 2 is 2.00 bits per heavy atom. The monoisotopic (exact) mass is 153 g/mol. The second-order valence-corrected chi connectivity index (χ2v) is 3.44. The molecule has 0 aliphatic carbocycles. The average Bonchev–Trinajstić information content (AvgIpc) is 2.33. The summed E-state index contributed by atoms with van der Waals surface area (Å²) in [7, 11) is 4.32. The summed E-state index contributed by atoms with van der Waals surface area (Å²) in [6.07, 6.45) is 4.94. The summed E-state index contributed by atoms with van der Waals surface area (Å²) in [5.41, 5.74) is 0. The van der Waals surface area contributed by atoms with Crippen molar-refractivity contribution in [3.05, 3.63) is 12.4 Å². The molecule has 2 aliphatic rings. The van der Waals surface area contributed by atoms with Crippen LogP contribution in [0.4, 0.5) is 0 Å². The van der Waals surface area contributed by atoms with Gasteiger partial charge in [0.05, 0.1) is 0 Å². The lowest BCUT2D eigenvalue weighted by Gasteiger charge is -2.38. The molecule has 0 bridgehead atoms. The van der Waals surface area contributed by atoms with Crippen LogP contribution in [-0.2, 0) is 0 Å². The summed E-state index contributed by atoms with van der Waals surface area (Å²) < 4.78 is 0. The molecule has 3 heteroatoms. The highest BCUT2D eigenvalue weighted by Crippen LogP contribution is 2.17. The molecule has 11 heavy (non-hydrogen) atoms. The predicted octanol–water partition coefficient (Wildman–Crippen LogP) is -0.0235. The zero-order valence-corrected chi connectivity index (χ0v) is 7.20. The highest BCUT2D eigenvalue weighted by molar-refractivity contribution is 4.98. The van der Waals surface area contributed by atoms with Gasteiger partial charge in [0.25, 0.3) is 0 Å². The Balaban J connectivity index is 2.06. The summed E-state index contributed by atoms with van der Waals surface area (Å²) in [4.78, 5) is 7.06. The quantitative estimate of drug-likeness (QED) is 0.484. The van der Waals surface area contributed by atoms with Gasteiger partial charge in [0.2, 0.25) is 0 Å². The lowest BCUT2D eigenvalue weighted by atomic mass is 10.3. The van der Waals surface area contributed by atoms with Gasteiger partial charge in [-0.15, -0.1) is 0 Å². The molecule has 0 saturated carbocycles. The molecule has 2 rings (SSSR count). The standard InChI is InChI=1S/C8H15N3/c1-9-3-5-11-6-4-10(2)8(11)7-9/h4,6,8H,3,5,7H2,1-2H3. The number of nitrogens with zero attached hydrogens (tertiary/aromatic N) is 3. The van der Waals surface area contributed by atoms with Gasteiger partial charge in [-0.25, -0.2) is 0 Å². The number of fused-ring (bicyclic) bond motifs is 1. The first-order valence-corrected chi connectivity index (χ1v) is 4.12. The molecular formula is C8H15N3. The third kappa shape index (κ3) is 1.09. The van der Waals surface area contributed by atoms with Crippen molar-refractivity contribution in [3.63, 3.8) is 0 Å². The van der Waals surface area contributed by atoms with Crippen molar-refractivity contribution in [2.24, 2.45) is 0 Å². The van der Waals surface area contributed by atoms with Crippen molar-refractivity contribution >= 4 is 0 Å². The molecule has 0 amide bonds. The van der Waals surface area contributed by atoms with Crippen LogP contribution < -0.4 is 0 Å². The van der Waals surface area contributed by atoms with E-state index in [1.54, 1.807) is 0 Å². The van der Waals surface area contributed by atoms with E-state index in [0.29, 0.717) is 6.17 Å². The van der Waals surface area contributed by atoms with Gasteiger partial charge in [0.15, 0.2) is 0 Å². The first-order valence-electron chi connectivity index (χ1n) is 4.12. The lowest BCUT2D eigenvalue weighted by molar-refractivity contribution is 0.0769. The summed E-state index contributed by atoms with van der Waals surface area (Å²) >= 11 is 0. The Bertz CT molecular complexity index is 178. The number of hydrogen-bond donors (Lipinski definition) is 0. The van der Waals surface area contributed by atoms with E-state index in [1.165, 1.54) is 13.1 Å². The number of rotatable bonds is 0. The van der Waals surface area contributed by atoms with Crippen molar-refractivity contribution in [3.8, 4) is 0 Å². The molecular weight excluding hydrogens is 138 g/mol. The van der Waals surface area contributed by atoms with E-state index in [-0.39, 0.29) is 0 Å². The van der Waals surface area contributed by atoms with Crippen molar-refractivity contribution < 1.29 is 0 Å². The first-order chi connectivity index (χ1) is 5.27. The first kappa shape index (κ1) is 6.98. The lowest BCUT2D eigenvalue weighted by Crippen LogP contribution is -2.52. The van der Waals surface area contributed by atoms with E-state index in [4.69, 9.17) is 0 Å². The fourth-order valence-electron chi connectivity index (χ4n) is 1.74. The minimum atomic E-state index is 0.591. The van der Waals surface area contributed by atoms with Crippen LogP contribution in [-0.4, -0.2) is 54.6 Å². The molecule has 0 aromatic carbocycles. The number of hydrogen-bond acceptors (Lipinski definition) is 3. The number of likely N-dealkylation sites (N-methyl/N-ethyl adjacent to an activating group) is 2. The van der Waals surface area contributed by atoms with Gasteiger partial charge < -0.3 is 14.7 Å². The zero-order valence-electron chi connectivity index (χ0n) is 7.20. The second kappa shape index (κ2) is 2.41. The third-order valence-electron chi connectivity index (χ3n) is 2.56. The van der Waals surface area contributed by atoms with E-state index in [1.807, 2.05) is 0 Å². The zero-order chi connectivity index (χ0) is 7.84. The molecule has 0 aromatic heterocycles. The maximum Gasteiger partial charge on any atom is 0.113 e. The SMILES string of the molecule is CN1CCN2C=CN(C)C2C1. The topological polar surface area (TPSA) is 9.72 Å². The van der Waals surface area contributed by atoms with Crippen molar-refractivity contribution in [2.75, 3.05) is 33.7 Å². The van der Waals surface area contributed by atoms with Gasteiger partial charge in [0, 0.05) is 39.1 Å². The normalized spacial score (nSPS) is 31.3. The minimum absolute atomic E-state index is 0.591. The van der Waals surface area contributed by atoms with E-state index in [9.17, 15) is 0 Å². The largest absolute Gasteiger partial charge is 0.358 e. The molecule has 1 saturated heterocycles. The number of piperazine rings is 1. The van der Waals surface area contributed by atoms with Crippen LogP contribution in [0.5, 0.6) is 0 Å². The Hall–Kier alpha value is -0.700. The third-order valence-corrected chi connectivity index (χ3v) is 2.56. The Kier molecular flexibility index (Phi) is 1.53. The van der Waals surface area contributed by atoms with Crippen molar-refractivity contribution in [2.45, 2.75) is 6.17 Å². The van der Waals surface area contributed by atoms with Gasteiger partial charge in [-0.3, -0.25) is 0 Å². The van der Waals surface area contributed by atoms with Gasteiger partial charge in [0.1, 0.15) is 6.17 Å². The molecule has 2 heterocycles. The van der Waals surface area contributed by atoms with E-state index in [0.717, 1.165) is 6.54 Å². The smallest absolute Gasteiger partial charge is 0.113 e. The van der Waals surface area contributed by atoms with Crippen LogP contribution in [0.25, 0.3) is 0 Å². The predicted molar refractivity (Wildman–Crippen MR) is 44.9 cm³/mol. The van der Waals surface area contributed by atoms with Crippen molar-refractivity contribution in [1.82, 2.24) is 14.7 Å². The van der Waals surface area contributed by atoms with Crippen LogP contribution in [0.2, 0.25) is 0 Å². The van der Waals surface area contributed by atoms with Gasteiger partial charge in [-0.1, -0.05) is 0 Å². The van der Waals surface area contributed by atoms with Crippen LogP contribution in [0.1, 0.15) is 0 Å². The minimum Gasteiger partial charge on any atom is -0.358 e. The fourth-order valence-corrected chi connectivity index (χ4v) is 1.74. The molecule has 3 nitrogen and oxygen atoms in total. The van der Waals surface area contributed by atoms with E-state index in [2.05, 4.69) is 41.2 Å². The summed E-state index contributed by atoms with van der Waals surface area (Å²) in [5.74, 6) is 0. The van der Waals surface area contributed by atoms with E-state index < -0.39 is 0 Å².